The van der Waals surface area contributed by atoms with Crippen molar-refractivity contribution in [1.82, 2.24) is 9.62 Å². The molecule has 5 rings (SSSR count). The zero-order valence-corrected chi connectivity index (χ0v) is 25.5. The van der Waals surface area contributed by atoms with E-state index in [0.717, 1.165) is 22.4 Å². The second-order valence-electron chi connectivity index (χ2n) is 12.2. The van der Waals surface area contributed by atoms with Crippen LogP contribution in [-0.4, -0.2) is 75.6 Å². The summed E-state index contributed by atoms with van der Waals surface area (Å²) in [4.78, 5) is 31.8. The number of nitrogens with zero attached hydrogens (tertiary/aromatic N) is 3. The molecule has 2 amide bonds. The van der Waals surface area contributed by atoms with E-state index in [0.29, 0.717) is 57.5 Å². The number of anilines is 1. The van der Waals surface area contributed by atoms with E-state index in [2.05, 4.69) is 5.32 Å². The number of hydrogen-bond acceptors (Lipinski definition) is 7. The summed E-state index contributed by atoms with van der Waals surface area (Å²) in [5.74, 6) is 0.437. The molecule has 2 saturated heterocycles. The minimum absolute atomic E-state index is 0.0334. The van der Waals surface area contributed by atoms with Gasteiger partial charge in [0.2, 0.25) is 0 Å². The summed E-state index contributed by atoms with van der Waals surface area (Å²) in [6.07, 6.45) is 0.448. The lowest BCUT2D eigenvalue weighted by Gasteiger charge is -2.45. The number of piperidine rings is 1. The molecule has 4 aliphatic rings. The fourth-order valence-corrected chi connectivity index (χ4v) is 7.91. The number of rotatable bonds is 7. The monoisotopic (exact) mass is 626 g/mol. The van der Waals surface area contributed by atoms with Gasteiger partial charge in [-0.25, -0.2) is 4.31 Å². The van der Waals surface area contributed by atoms with Gasteiger partial charge in [0.1, 0.15) is 18.0 Å². The van der Waals surface area contributed by atoms with Crippen LogP contribution < -0.4 is 10.2 Å². The van der Waals surface area contributed by atoms with E-state index in [1.807, 2.05) is 26.0 Å². The summed E-state index contributed by atoms with van der Waals surface area (Å²) in [5.41, 5.74) is 2.49. The highest BCUT2D eigenvalue weighted by molar-refractivity contribution is 8.24. The van der Waals surface area contributed by atoms with Crippen molar-refractivity contribution < 1.29 is 36.6 Å². The molecule has 9 nitrogen and oxygen atoms in total. The average Bonchev–Trinajstić information content (AvgIpc) is 3.26. The molecule has 1 spiro atoms. The molecular formula is C30H41F3N4O5S. The van der Waals surface area contributed by atoms with Crippen molar-refractivity contribution in [2.45, 2.75) is 76.9 Å². The number of amidine groups is 1. The number of nitrogens with one attached hydrogen (secondary N) is 1. The van der Waals surface area contributed by atoms with Crippen LogP contribution in [0.1, 0.15) is 68.1 Å². The first kappa shape index (κ1) is 32.0. The maximum absolute atomic E-state index is 13.1. The number of aryl methyl sites for hydroxylation is 2. The molecule has 1 saturated carbocycles. The average molecular weight is 627 g/mol. The van der Waals surface area contributed by atoms with Crippen LogP contribution in [0.15, 0.2) is 22.5 Å². The molecular weight excluding hydrogens is 585 g/mol. The van der Waals surface area contributed by atoms with E-state index in [-0.39, 0.29) is 49.8 Å². The molecule has 3 fully saturated rings. The van der Waals surface area contributed by atoms with Crippen molar-refractivity contribution in [2.75, 3.05) is 37.7 Å². The molecule has 13 heteroatoms. The lowest BCUT2D eigenvalue weighted by molar-refractivity contribution is -0.138. The van der Waals surface area contributed by atoms with Gasteiger partial charge in [-0.1, -0.05) is 0 Å². The maximum atomic E-state index is 13.1. The SMILES string of the molecule is Cc1cc(N2CCOCC2=O)cc(C)c1/C=C/S(O)(O)N1CCC2(CC1)N=C(C1CCC(CCC(F)(F)F)CC1)NC2=O. The molecule has 0 bridgehead atoms. The molecule has 3 N–H and O–H groups in total. The second kappa shape index (κ2) is 12.5. The van der Waals surface area contributed by atoms with Gasteiger partial charge in [0.05, 0.1) is 6.61 Å². The van der Waals surface area contributed by atoms with Crippen LogP contribution in [0.2, 0.25) is 0 Å². The van der Waals surface area contributed by atoms with Crippen molar-refractivity contribution in [1.29, 1.82) is 0 Å². The fraction of sp³-hybridized carbons (Fsp3) is 0.633. The second-order valence-corrected chi connectivity index (χ2v) is 14.1. The molecule has 3 aliphatic heterocycles. The van der Waals surface area contributed by atoms with E-state index < -0.39 is 28.9 Å². The predicted octanol–water partition coefficient (Wildman–Crippen LogP) is 5.81. The largest absolute Gasteiger partial charge is 0.389 e. The summed E-state index contributed by atoms with van der Waals surface area (Å²) in [5, 5.41) is 4.36. The van der Waals surface area contributed by atoms with Crippen LogP contribution in [-0.2, 0) is 14.3 Å². The van der Waals surface area contributed by atoms with E-state index in [1.54, 1.807) is 15.3 Å². The molecule has 1 aromatic carbocycles. The first-order valence-electron chi connectivity index (χ1n) is 14.9. The summed E-state index contributed by atoms with van der Waals surface area (Å²) in [7, 11) is -3.26. The highest BCUT2D eigenvalue weighted by Crippen LogP contribution is 2.49. The number of carbonyl (C=O) groups excluding carboxylic acids is 2. The first-order valence-corrected chi connectivity index (χ1v) is 16.5. The summed E-state index contributed by atoms with van der Waals surface area (Å²) < 4.78 is 66.7. The van der Waals surface area contributed by atoms with E-state index >= 15 is 0 Å². The third kappa shape index (κ3) is 7.28. The number of morpholine rings is 1. The van der Waals surface area contributed by atoms with Gasteiger partial charge >= 0.3 is 6.18 Å². The van der Waals surface area contributed by atoms with Gasteiger partial charge < -0.3 is 15.0 Å². The standard InChI is InChI=1S/C30H41F3N4O5S/c1-20-17-24(37-14-15-42-19-26(37)38)18-21(2)25(20)8-16-43(40,41)36-12-10-29(11-13-36)28(39)34-27(35-29)23-5-3-22(4-6-23)7-9-30(31,32)33/h8,16-18,22-23,40-41H,3-7,9-15,19H2,1-2H3,(H,34,35,39)/b16-8+. The molecule has 43 heavy (non-hydrogen) atoms. The Kier molecular flexibility index (Phi) is 9.30. The quantitative estimate of drug-likeness (QED) is 0.352. The van der Waals surface area contributed by atoms with E-state index in [9.17, 15) is 31.9 Å². The minimum atomic E-state index is -4.13. The molecule has 1 aliphatic carbocycles. The molecule has 0 atom stereocenters. The molecule has 238 valence electrons. The third-order valence-corrected chi connectivity index (χ3v) is 10.9. The lowest BCUT2D eigenvalue weighted by Crippen LogP contribution is -2.49. The number of benzene rings is 1. The zero-order chi connectivity index (χ0) is 31.0. The van der Waals surface area contributed by atoms with E-state index in [1.165, 1.54) is 5.41 Å². The number of halogens is 3. The molecule has 3 heterocycles. The number of hydrogen-bond donors (Lipinski definition) is 3. The summed E-state index contributed by atoms with van der Waals surface area (Å²) >= 11 is 0. The fourth-order valence-electron chi connectivity index (χ4n) is 6.70. The Morgan fingerprint density at radius 1 is 1.09 bits per heavy atom. The molecule has 0 radical (unpaired) electrons. The number of alkyl halides is 3. The Morgan fingerprint density at radius 3 is 2.35 bits per heavy atom. The molecule has 0 aromatic heterocycles. The highest BCUT2D eigenvalue weighted by Gasteiger charge is 2.48. The van der Waals surface area contributed by atoms with E-state index in [4.69, 9.17) is 9.73 Å². The topological polar surface area (TPSA) is 115 Å². The van der Waals surface area contributed by atoms with Gasteiger partial charge in [0.15, 0.2) is 0 Å². The van der Waals surface area contributed by atoms with Crippen LogP contribution in [0.25, 0.3) is 6.08 Å². The lowest BCUT2D eigenvalue weighted by atomic mass is 9.79. The van der Waals surface area contributed by atoms with Crippen LogP contribution in [0.5, 0.6) is 0 Å². The van der Waals surface area contributed by atoms with Crippen LogP contribution in [0.4, 0.5) is 18.9 Å². The first-order chi connectivity index (χ1) is 20.3. The third-order valence-electron chi connectivity index (χ3n) is 9.29. The number of aliphatic imine (C=N–C) groups is 1. The van der Waals surface area contributed by atoms with Crippen molar-refractivity contribution in [2.24, 2.45) is 16.8 Å². The smallest absolute Gasteiger partial charge is 0.370 e. The summed E-state index contributed by atoms with van der Waals surface area (Å²) in [6.45, 7) is 5.41. The minimum Gasteiger partial charge on any atom is -0.370 e. The van der Waals surface area contributed by atoms with Crippen molar-refractivity contribution in [3.8, 4) is 0 Å². The molecule has 1 aromatic rings. The van der Waals surface area contributed by atoms with Crippen LogP contribution >= 0.6 is 10.8 Å². The Balaban J connectivity index is 1.18. The van der Waals surface area contributed by atoms with Crippen LogP contribution in [0.3, 0.4) is 0 Å². The predicted molar refractivity (Wildman–Crippen MR) is 161 cm³/mol. The van der Waals surface area contributed by atoms with Gasteiger partial charge in [-0.05, 0) is 99.6 Å². The van der Waals surface area contributed by atoms with Gasteiger partial charge in [0, 0.05) is 43.1 Å². The maximum Gasteiger partial charge on any atom is 0.389 e. The van der Waals surface area contributed by atoms with Gasteiger partial charge in [0.25, 0.3) is 11.8 Å². The van der Waals surface area contributed by atoms with Crippen LogP contribution in [0, 0.1) is 25.7 Å². The van der Waals surface area contributed by atoms with Crippen molar-refractivity contribution in [3.05, 3.63) is 34.2 Å². The van der Waals surface area contributed by atoms with Gasteiger partial charge in [-0.15, -0.1) is 10.8 Å². The number of ether oxygens (including phenoxy) is 1. The highest BCUT2D eigenvalue weighted by atomic mass is 32.3. The van der Waals surface area contributed by atoms with Crippen molar-refractivity contribution in [3.63, 3.8) is 0 Å². The van der Waals surface area contributed by atoms with Crippen molar-refractivity contribution >= 4 is 40.2 Å². The normalized spacial score (nSPS) is 25.8. The molecule has 0 unspecified atom stereocenters. The number of carbonyl (C=O) groups is 2. The Hall–Kier alpha value is -2.45. The Labute approximate surface area is 252 Å². The van der Waals surface area contributed by atoms with Gasteiger partial charge in [-0.3, -0.25) is 23.7 Å². The summed E-state index contributed by atoms with van der Waals surface area (Å²) in [6, 6.07) is 3.82. The van der Waals surface area contributed by atoms with Gasteiger partial charge in [-0.2, -0.15) is 13.2 Å². The Bertz CT molecular complexity index is 1260. The Morgan fingerprint density at radius 2 is 1.74 bits per heavy atom. The number of amides is 2. The zero-order valence-electron chi connectivity index (χ0n) is 24.7.